The molecule has 1 saturated carbocycles. The van der Waals surface area contributed by atoms with Crippen molar-refractivity contribution >= 4 is 17.7 Å². The van der Waals surface area contributed by atoms with Gasteiger partial charge in [0.25, 0.3) is 11.8 Å². The molecule has 5 nitrogen and oxygen atoms in total. The zero-order valence-corrected chi connectivity index (χ0v) is 15.1. The second-order valence-corrected chi connectivity index (χ2v) is 7.37. The molecule has 1 aliphatic carbocycles. The molecule has 5 heteroatoms. The summed E-state index contributed by atoms with van der Waals surface area (Å²) in [6.45, 7) is 0.288. The maximum absolute atomic E-state index is 12.5. The van der Waals surface area contributed by atoms with Gasteiger partial charge in [0.1, 0.15) is 6.54 Å². The highest BCUT2D eigenvalue weighted by molar-refractivity contribution is 6.22. The lowest BCUT2D eigenvalue weighted by molar-refractivity contribution is -0.121. The average Bonchev–Trinajstić information content (AvgIpc) is 3.28. The van der Waals surface area contributed by atoms with Gasteiger partial charge < -0.3 is 5.32 Å². The summed E-state index contributed by atoms with van der Waals surface area (Å²) in [6.07, 6.45) is 4.35. The van der Waals surface area contributed by atoms with Crippen LogP contribution in [0.5, 0.6) is 0 Å². The molecule has 2 aliphatic rings. The quantitative estimate of drug-likeness (QED) is 0.832. The van der Waals surface area contributed by atoms with E-state index in [4.69, 9.17) is 0 Å². The van der Waals surface area contributed by atoms with Crippen LogP contribution in [0.3, 0.4) is 0 Å². The fourth-order valence-corrected chi connectivity index (χ4v) is 4.26. The molecule has 3 amide bonds. The van der Waals surface area contributed by atoms with Gasteiger partial charge in [0, 0.05) is 12.0 Å². The van der Waals surface area contributed by atoms with Gasteiger partial charge in [0.05, 0.1) is 11.1 Å². The van der Waals surface area contributed by atoms with Crippen LogP contribution in [0, 0.1) is 0 Å². The van der Waals surface area contributed by atoms with Gasteiger partial charge in [-0.25, -0.2) is 0 Å². The summed E-state index contributed by atoms with van der Waals surface area (Å²) in [5.41, 5.74) is 1.92. The molecule has 0 spiro atoms. The van der Waals surface area contributed by atoms with Crippen LogP contribution in [0.2, 0.25) is 0 Å². The van der Waals surface area contributed by atoms with Gasteiger partial charge in [-0.1, -0.05) is 55.3 Å². The van der Waals surface area contributed by atoms with Gasteiger partial charge in [-0.05, 0) is 30.5 Å². The highest BCUT2D eigenvalue weighted by Crippen LogP contribution is 2.40. The molecule has 0 bridgehead atoms. The Morgan fingerprint density at radius 3 is 2.04 bits per heavy atom. The minimum absolute atomic E-state index is 0.0566. The number of nitrogens with one attached hydrogen (secondary N) is 1. The van der Waals surface area contributed by atoms with Crippen LogP contribution in [0.4, 0.5) is 0 Å². The summed E-state index contributed by atoms with van der Waals surface area (Å²) in [7, 11) is 0. The predicted molar refractivity (Wildman–Crippen MR) is 101 cm³/mol. The molecule has 1 heterocycles. The second kappa shape index (κ2) is 6.99. The van der Waals surface area contributed by atoms with Crippen LogP contribution in [0.1, 0.15) is 52.0 Å². The van der Waals surface area contributed by atoms with Crippen molar-refractivity contribution in [3.05, 3.63) is 71.3 Å². The molecule has 1 N–H and O–H groups in total. The van der Waals surface area contributed by atoms with Crippen molar-refractivity contribution in [2.45, 2.75) is 31.1 Å². The van der Waals surface area contributed by atoms with E-state index in [0.29, 0.717) is 17.7 Å². The van der Waals surface area contributed by atoms with E-state index < -0.39 is 11.8 Å². The number of amides is 3. The number of imide groups is 1. The molecule has 1 fully saturated rings. The molecule has 2 aromatic rings. The van der Waals surface area contributed by atoms with E-state index in [0.717, 1.165) is 30.6 Å². The van der Waals surface area contributed by atoms with Gasteiger partial charge in [0.15, 0.2) is 0 Å². The predicted octanol–water partition coefficient (Wildman–Crippen LogP) is 2.91. The van der Waals surface area contributed by atoms with Crippen molar-refractivity contribution in [1.29, 1.82) is 0 Å². The van der Waals surface area contributed by atoms with Crippen molar-refractivity contribution in [2.75, 3.05) is 13.1 Å². The molecule has 27 heavy (non-hydrogen) atoms. The van der Waals surface area contributed by atoms with Crippen LogP contribution in [-0.4, -0.2) is 35.7 Å². The number of benzene rings is 2. The molecule has 0 unspecified atom stereocenters. The molecule has 0 radical (unpaired) electrons. The Morgan fingerprint density at radius 1 is 0.889 bits per heavy atom. The third-order valence-corrected chi connectivity index (χ3v) is 5.75. The Bertz CT molecular complexity index is 850. The Morgan fingerprint density at radius 2 is 1.44 bits per heavy atom. The van der Waals surface area contributed by atoms with Crippen molar-refractivity contribution < 1.29 is 14.4 Å². The lowest BCUT2D eigenvalue weighted by Gasteiger charge is -2.30. The number of nitrogens with zero attached hydrogens (tertiary/aromatic N) is 1. The standard InChI is InChI=1S/C22H22N2O3/c25-19(14-24-20(26)17-10-4-5-11-18(17)21(24)27)23-15-22(12-6-7-13-22)16-8-2-1-3-9-16/h1-5,8-11H,6-7,12-15H2,(H,23,25). The number of hydrogen-bond donors (Lipinski definition) is 1. The minimum atomic E-state index is -0.399. The molecule has 138 valence electrons. The van der Waals surface area contributed by atoms with Gasteiger partial charge in [-0.2, -0.15) is 0 Å². The molecule has 1 aliphatic heterocycles. The van der Waals surface area contributed by atoms with Crippen LogP contribution < -0.4 is 5.32 Å². The van der Waals surface area contributed by atoms with Gasteiger partial charge in [-0.3, -0.25) is 19.3 Å². The third kappa shape index (κ3) is 3.14. The summed E-state index contributed by atoms with van der Waals surface area (Å²) >= 11 is 0. The lowest BCUT2D eigenvalue weighted by atomic mass is 9.79. The van der Waals surface area contributed by atoms with Crippen molar-refractivity contribution in [3.8, 4) is 0 Å². The van der Waals surface area contributed by atoms with Gasteiger partial charge >= 0.3 is 0 Å². The first kappa shape index (κ1) is 17.5. The number of carbonyl (C=O) groups excluding carboxylic acids is 3. The Labute approximate surface area is 158 Å². The molecule has 2 aromatic carbocycles. The highest BCUT2D eigenvalue weighted by Gasteiger charge is 2.38. The van der Waals surface area contributed by atoms with E-state index in [1.165, 1.54) is 5.56 Å². The summed E-state index contributed by atoms with van der Waals surface area (Å²) < 4.78 is 0. The molecular weight excluding hydrogens is 340 g/mol. The number of rotatable bonds is 5. The molecule has 0 aromatic heterocycles. The monoisotopic (exact) mass is 362 g/mol. The first-order chi connectivity index (χ1) is 13.1. The average molecular weight is 362 g/mol. The lowest BCUT2D eigenvalue weighted by Crippen LogP contribution is -2.45. The van der Waals surface area contributed by atoms with Crippen molar-refractivity contribution in [1.82, 2.24) is 10.2 Å². The minimum Gasteiger partial charge on any atom is -0.354 e. The summed E-state index contributed by atoms with van der Waals surface area (Å²) in [5, 5.41) is 2.97. The maximum Gasteiger partial charge on any atom is 0.262 e. The molecule has 0 saturated heterocycles. The van der Waals surface area contributed by atoms with Crippen molar-refractivity contribution in [2.24, 2.45) is 0 Å². The smallest absolute Gasteiger partial charge is 0.262 e. The highest BCUT2D eigenvalue weighted by atomic mass is 16.2. The second-order valence-electron chi connectivity index (χ2n) is 7.37. The fraction of sp³-hybridized carbons (Fsp3) is 0.318. The molecule has 0 atom stereocenters. The Kier molecular flexibility index (Phi) is 4.52. The van der Waals surface area contributed by atoms with Crippen LogP contribution in [0.25, 0.3) is 0 Å². The zero-order valence-electron chi connectivity index (χ0n) is 15.1. The van der Waals surface area contributed by atoms with E-state index in [-0.39, 0.29) is 17.9 Å². The van der Waals surface area contributed by atoms with Gasteiger partial charge in [0.2, 0.25) is 5.91 Å². The molecule has 4 rings (SSSR count). The third-order valence-electron chi connectivity index (χ3n) is 5.75. The zero-order chi connectivity index (χ0) is 18.9. The van der Waals surface area contributed by atoms with E-state index in [1.54, 1.807) is 24.3 Å². The van der Waals surface area contributed by atoms with E-state index in [2.05, 4.69) is 17.4 Å². The number of fused-ring (bicyclic) bond motifs is 1. The number of carbonyl (C=O) groups is 3. The summed E-state index contributed by atoms with van der Waals surface area (Å²) in [5.74, 6) is -1.10. The topological polar surface area (TPSA) is 66.5 Å². The van der Waals surface area contributed by atoms with Crippen LogP contribution in [-0.2, 0) is 10.2 Å². The summed E-state index contributed by atoms with van der Waals surface area (Å²) in [6, 6.07) is 16.9. The van der Waals surface area contributed by atoms with E-state index >= 15 is 0 Å². The first-order valence-electron chi connectivity index (χ1n) is 9.38. The summed E-state index contributed by atoms with van der Waals surface area (Å²) in [4.78, 5) is 38.4. The molecular formula is C22H22N2O3. The van der Waals surface area contributed by atoms with Crippen molar-refractivity contribution in [3.63, 3.8) is 0 Å². The number of hydrogen-bond acceptors (Lipinski definition) is 3. The fourth-order valence-electron chi connectivity index (χ4n) is 4.26. The van der Waals surface area contributed by atoms with E-state index in [9.17, 15) is 14.4 Å². The normalized spacial score (nSPS) is 17.9. The Hall–Kier alpha value is -2.95. The largest absolute Gasteiger partial charge is 0.354 e. The first-order valence-corrected chi connectivity index (χ1v) is 9.38. The van der Waals surface area contributed by atoms with Crippen LogP contribution >= 0.6 is 0 Å². The Balaban J connectivity index is 1.43. The van der Waals surface area contributed by atoms with Gasteiger partial charge in [-0.15, -0.1) is 0 Å². The SMILES string of the molecule is O=C(CN1C(=O)c2ccccc2C1=O)NCC1(c2ccccc2)CCCC1. The maximum atomic E-state index is 12.5. The van der Waals surface area contributed by atoms with Crippen LogP contribution in [0.15, 0.2) is 54.6 Å². The van der Waals surface area contributed by atoms with E-state index in [1.807, 2.05) is 18.2 Å².